The van der Waals surface area contributed by atoms with Crippen LogP contribution in [0.3, 0.4) is 0 Å². The van der Waals surface area contributed by atoms with E-state index in [1.165, 1.54) is 25.9 Å². The van der Waals surface area contributed by atoms with Crippen molar-refractivity contribution in [2.24, 2.45) is 0 Å². The van der Waals surface area contributed by atoms with Gasteiger partial charge in [0, 0.05) is 63.0 Å². The molecule has 6 heterocycles. The van der Waals surface area contributed by atoms with Crippen LogP contribution in [0.4, 0.5) is 10.6 Å². The summed E-state index contributed by atoms with van der Waals surface area (Å²) in [6.07, 6.45) is 8.01. The van der Waals surface area contributed by atoms with Gasteiger partial charge < -0.3 is 25.0 Å². The standard InChI is InChI=1S/C40H53N9O3/c1-40(2,3)52-39(50)47-23-15-29(16-24-47)45-19-13-30(14-20-45)48-25-32(26-48)46-21-17-31(18-22-46)49-38-35(37(41)42-27-43-38)36(44-49)28-9-11-34(12-10-28)51-33-7-5-4-6-8-33/h4-12,27,29-32H,13-26H2,1-3H3,(H2,41,42,43). The maximum atomic E-state index is 12.5. The maximum absolute atomic E-state index is 12.5. The molecule has 8 rings (SSSR count). The van der Waals surface area contributed by atoms with Gasteiger partial charge in [-0.2, -0.15) is 5.10 Å². The molecule has 4 aliphatic heterocycles. The van der Waals surface area contributed by atoms with Gasteiger partial charge in [0.2, 0.25) is 0 Å². The number of aromatic nitrogens is 4. The summed E-state index contributed by atoms with van der Waals surface area (Å²) >= 11 is 0. The zero-order valence-electron chi connectivity index (χ0n) is 30.9. The second-order valence-corrected chi connectivity index (χ2v) is 16.0. The average Bonchev–Trinajstić information content (AvgIpc) is 3.53. The number of carbonyl (C=O) groups excluding carboxylic acids is 1. The summed E-state index contributed by atoms with van der Waals surface area (Å²) in [6.45, 7) is 14.2. The van der Waals surface area contributed by atoms with Gasteiger partial charge >= 0.3 is 6.09 Å². The molecule has 0 atom stereocenters. The Balaban J connectivity index is 0.817. The molecular formula is C40H53N9O3. The largest absolute Gasteiger partial charge is 0.457 e. The number of nitrogen functional groups attached to an aromatic ring is 1. The van der Waals surface area contributed by atoms with E-state index in [4.69, 9.17) is 20.3 Å². The Morgan fingerprint density at radius 3 is 1.94 bits per heavy atom. The Bertz CT molecular complexity index is 1810. The number of likely N-dealkylation sites (tertiary alicyclic amines) is 4. The van der Waals surface area contributed by atoms with Crippen molar-refractivity contribution in [3.8, 4) is 22.8 Å². The topological polar surface area (TPSA) is 118 Å². The van der Waals surface area contributed by atoms with Gasteiger partial charge in [-0.25, -0.2) is 19.4 Å². The molecule has 0 bridgehead atoms. The number of carbonyl (C=O) groups is 1. The van der Waals surface area contributed by atoms with Gasteiger partial charge in [0.1, 0.15) is 34.9 Å². The lowest BCUT2D eigenvalue weighted by Gasteiger charge is -2.52. The third kappa shape index (κ3) is 7.47. The van der Waals surface area contributed by atoms with E-state index in [1.54, 1.807) is 6.33 Å². The molecule has 12 nitrogen and oxygen atoms in total. The zero-order valence-corrected chi connectivity index (χ0v) is 30.9. The minimum Gasteiger partial charge on any atom is -0.457 e. The minimum absolute atomic E-state index is 0.169. The van der Waals surface area contributed by atoms with E-state index in [0.29, 0.717) is 23.9 Å². The van der Waals surface area contributed by atoms with Gasteiger partial charge in [-0.1, -0.05) is 18.2 Å². The lowest BCUT2D eigenvalue weighted by Crippen LogP contribution is -2.64. The van der Waals surface area contributed by atoms with E-state index in [2.05, 4.69) is 29.3 Å². The first-order chi connectivity index (χ1) is 25.2. The van der Waals surface area contributed by atoms with Crippen LogP contribution in [0.2, 0.25) is 0 Å². The molecule has 4 aromatic rings. The first-order valence-corrected chi connectivity index (χ1v) is 19.2. The number of nitrogens with zero attached hydrogens (tertiary/aromatic N) is 8. The van der Waals surface area contributed by atoms with E-state index in [1.807, 2.05) is 80.3 Å². The number of hydrogen-bond donors (Lipinski definition) is 1. The first kappa shape index (κ1) is 34.8. The van der Waals surface area contributed by atoms with Gasteiger partial charge in [0.05, 0.1) is 11.4 Å². The molecule has 2 aromatic carbocycles. The van der Waals surface area contributed by atoms with Crippen LogP contribution >= 0.6 is 0 Å². The van der Waals surface area contributed by atoms with Crippen molar-refractivity contribution in [3.63, 3.8) is 0 Å². The highest BCUT2D eigenvalue weighted by molar-refractivity contribution is 5.98. The molecule has 276 valence electrons. The minimum atomic E-state index is -0.442. The molecule has 0 aliphatic carbocycles. The zero-order chi connectivity index (χ0) is 35.8. The number of anilines is 1. The molecule has 1 amide bonds. The molecule has 52 heavy (non-hydrogen) atoms. The quantitative estimate of drug-likeness (QED) is 0.243. The molecule has 0 spiro atoms. The van der Waals surface area contributed by atoms with E-state index in [-0.39, 0.29) is 12.1 Å². The van der Waals surface area contributed by atoms with E-state index >= 15 is 0 Å². The summed E-state index contributed by atoms with van der Waals surface area (Å²) in [5, 5.41) is 5.95. The number of benzene rings is 2. The Kier molecular flexibility index (Phi) is 9.80. The molecular weight excluding hydrogens is 654 g/mol. The van der Waals surface area contributed by atoms with Crippen LogP contribution in [-0.2, 0) is 4.74 Å². The van der Waals surface area contributed by atoms with Crippen LogP contribution < -0.4 is 10.5 Å². The molecule has 4 aliphatic rings. The summed E-state index contributed by atoms with van der Waals surface area (Å²) in [5.41, 5.74) is 8.59. The summed E-state index contributed by atoms with van der Waals surface area (Å²) in [7, 11) is 0. The Morgan fingerprint density at radius 2 is 1.29 bits per heavy atom. The number of para-hydroxylation sites is 1. The van der Waals surface area contributed by atoms with Gasteiger partial charge in [-0.15, -0.1) is 0 Å². The SMILES string of the molecule is CC(C)(C)OC(=O)N1CCC(N2CCC(N3CC(N4CCC(n5nc(-c6ccc(Oc7ccccc7)cc6)c6c(N)ncnc65)CC4)C3)CC2)CC1. The molecule has 12 heteroatoms. The predicted molar refractivity (Wildman–Crippen MR) is 202 cm³/mol. The summed E-state index contributed by atoms with van der Waals surface area (Å²) < 4.78 is 13.7. The first-order valence-electron chi connectivity index (χ1n) is 19.2. The number of nitrogens with two attached hydrogens (primary N) is 1. The monoisotopic (exact) mass is 707 g/mol. The Labute approximate surface area is 306 Å². The highest BCUT2D eigenvalue weighted by atomic mass is 16.6. The van der Waals surface area contributed by atoms with Crippen molar-refractivity contribution in [2.45, 2.75) is 89.1 Å². The van der Waals surface area contributed by atoms with E-state index in [0.717, 1.165) is 98.7 Å². The van der Waals surface area contributed by atoms with Crippen molar-refractivity contribution in [3.05, 3.63) is 60.9 Å². The molecule has 4 saturated heterocycles. The van der Waals surface area contributed by atoms with Crippen LogP contribution in [0.5, 0.6) is 11.5 Å². The number of fused-ring (bicyclic) bond motifs is 1. The van der Waals surface area contributed by atoms with Crippen molar-refractivity contribution in [1.29, 1.82) is 0 Å². The molecule has 2 N–H and O–H groups in total. The highest BCUT2D eigenvalue weighted by Gasteiger charge is 2.40. The number of hydrogen-bond acceptors (Lipinski definition) is 10. The van der Waals surface area contributed by atoms with Gasteiger partial charge in [-0.3, -0.25) is 9.80 Å². The van der Waals surface area contributed by atoms with Crippen LogP contribution in [0.15, 0.2) is 60.9 Å². The molecule has 0 radical (unpaired) electrons. The number of amides is 1. The number of rotatable bonds is 7. The average molecular weight is 708 g/mol. The van der Waals surface area contributed by atoms with Crippen LogP contribution in [0.1, 0.15) is 65.3 Å². The second-order valence-electron chi connectivity index (χ2n) is 16.0. The molecule has 0 saturated carbocycles. The predicted octanol–water partition coefficient (Wildman–Crippen LogP) is 6.05. The lowest BCUT2D eigenvalue weighted by atomic mass is 9.93. The van der Waals surface area contributed by atoms with Gasteiger partial charge in [0.15, 0.2) is 5.65 Å². The van der Waals surface area contributed by atoms with Crippen molar-refractivity contribution in [2.75, 3.05) is 58.1 Å². The lowest BCUT2D eigenvalue weighted by molar-refractivity contribution is -0.0320. The third-order valence-electron chi connectivity index (χ3n) is 11.5. The Hall–Kier alpha value is -4.26. The molecule has 2 aromatic heterocycles. The third-order valence-corrected chi connectivity index (χ3v) is 11.5. The van der Waals surface area contributed by atoms with Crippen LogP contribution in [0.25, 0.3) is 22.3 Å². The van der Waals surface area contributed by atoms with Crippen molar-refractivity contribution >= 4 is 22.9 Å². The summed E-state index contributed by atoms with van der Waals surface area (Å²) in [4.78, 5) is 31.5. The fraction of sp³-hybridized carbons (Fsp3) is 0.550. The summed E-state index contributed by atoms with van der Waals surface area (Å²) in [6, 6.07) is 20.0. The fourth-order valence-corrected chi connectivity index (χ4v) is 8.63. The molecule has 0 unspecified atom stereocenters. The normalized spacial score (nSPS) is 21.0. The number of ether oxygens (including phenoxy) is 2. The van der Waals surface area contributed by atoms with Gasteiger partial charge in [-0.05, 0) is 109 Å². The number of piperidine rings is 3. The smallest absolute Gasteiger partial charge is 0.410 e. The van der Waals surface area contributed by atoms with Crippen molar-refractivity contribution in [1.82, 2.24) is 39.3 Å². The highest BCUT2D eigenvalue weighted by Crippen LogP contribution is 2.36. The van der Waals surface area contributed by atoms with Crippen molar-refractivity contribution < 1.29 is 14.3 Å². The van der Waals surface area contributed by atoms with E-state index < -0.39 is 5.60 Å². The maximum Gasteiger partial charge on any atom is 0.410 e. The van der Waals surface area contributed by atoms with E-state index in [9.17, 15) is 4.79 Å². The van der Waals surface area contributed by atoms with Gasteiger partial charge in [0.25, 0.3) is 0 Å². The fourth-order valence-electron chi connectivity index (χ4n) is 8.63. The summed E-state index contributed by atoms with van der Waals surface area (Å²) in [5.74, 6) is 2.03. The van der Waals surface area contributed by atoms with Crippen LogP contribution in [0, 0.1) is 0 Å². The van der Waals surface area contributed by atoms with Crippen LogP contribution in [-0.4, -0.2) is 122 Å². The molecule has 4 fully saturated rings. The second kappa shape index (κ2) is 14.6. The Morgan fingerprint density at radius 1 is 0.712 bits per heavy atom.